The van der Waals surface area contributed by atoms with Gasteiger partial charge in [0.15, 0.2) is 11.5 Å². The monoisotopic (exact) mass is 392 g/mol. The van der Waals surface area contributed by atoms with Gasteiger partial charge in [0.1, 0.15) is 0 Å². The third kappa shape index (κ3) is 5.74. The Morgan fingerprint density at radius 3 is 2.40 bits per heavy atom. The fourth-order valence-electron chi connectivity index (χ4n) is 3.11. The van der Waals surface area contributed by atoms with Crippen molar-refractivity contribution in [2.75, 3.05) is 19.8 Å². The average molecular weight is 393 g/mol. The van der Waals surface area contributed by atoms with Crippen LogP contribution in [-0.4, -0.2) is 34.2 Å². The molecule has 1 fully saturated rings. The van der Waals surface area contributed by atoms with Gasteiger partial charge in [-0.3, -0.25) is 0 Å². The van der Waals surface area contributed by atoms with E-state index in [-0.39, 0.29) is 29.3 Å². The van der Waals surface area contributed by atoms with Crippen LogP contribution in [0, 0.1) is 5.92 Å². The van der Waals surface area contributed by atoms with Crippen LogP contribution in [0.3, 0.4) is 0 Å². The van der Waals surface area contributed by atoms with Crippen LogP contribution in [0.25, 0.3) is 0 Å². The molecule has 1 aromatic carbocycles. The largest absolute Gasteiger partial charge is 0.490 e. The second kappa shape index (κ2) is 10.2. The predicted octanol–water partition coefficient (Wildman–Crippen LogP) is 2.70. The molecule has 0 radical (unpaired) electrons. The molecule has 25 heavy (non-hydrogen) atoms. The Hall–Kier alpha value is -1.02. The quantitative estimate of drug-likeness (QED) is 0.709. The van der Waals surface area contributed by atoms with E-state index in [0.717, 1.165) is 25.7 Å². The Morgan fingerprint density at radius 1 is 1.12 bits per heavy atom. The second-order valence-corrected chi connectivity index (χ2v) is 7.70. The lowest BCUT2D eigenvalue weighted by Crippen LogP contribution is -2.44. The van der Waals surface area contributed by atoms with Crippen LogP contribution in [-0.2, 0) is 10.0 Å². The Kier molecular flexibility index (Phi) is 8.99. The summed E-state index contributed by atoms with van der Waals surface area (Å²) >= 11 is 0. The molecule has 2 unspecified atom stereocenters. The van der Waals surface area contributed by atoms with Crippen LogP contribution in [0.15, 0.2) is 23.1 Å². The number of hydrogen-bond donors (Lipinski definition) is 2. The molecule has 8 heteroatoms. The smallest absolute Gasteiger partial charge is 0.240 e. The van der Waals surface area contributed by atoms with Crippen molar-refractivity contribution in [3.63, 3.8) is 0 Å². The molecule has 0 spiro atoms. The van der Waals surface area contributed by atoms with Crippen molar-refractivity contribution in [3.05, 3.63) is 18.2 Å². The first-order valence-corrected chi connectivity index (χ1v) is 10.1. The molecule has 6 nitrogen and oxygen atoms in total. The van der Waals surface area contributed by atoms with Crippen LogP contribution in [0.1, 0.15) is 39.5 Å². The Balaban J connectivity index is 0.00000312. The number of sulfonamides is 1. The summed E-state index contributed by atoms with van der Waals surface area (Å²) < 4.78 is 39.3. The summed E-state index contributed by atoms with van der Waals surface area (Å²) in [6, 6.07) is 4.62. The average Bonchev–Trinajstić information content (AvgIpc) is 2.57. The summed E-state index contributed by atoms with van der Waals surface area (Å²) in [5.74, 6) is 1.19. The predicted molar refractivity (Wildman–Crippen MR) is 101 cm³/mol. The van der Waals surface area contributed by atoms with Crippen molar-refractivity contribution in [3.8, 4) is 11.5 Å². The molecular weight excluding hydrogens is 364 g/mol. The van der Waals surface area contributed by atoms with Gasteiger partial charge in [0.2, 0.25) is 10.0 Å². The summed E-state index contributed by atoms with van der Waals surface area (Å²) in [5, 5.41) is 0. The maximum Gasteiger partial charge on any atom is 0.240 e. The molecule has 1 saturated carbocycles. The first kappa shape index (κ1) is 22.0. The van der Waals surface area contributed by atoms with Gasteiger partial charge in [-0.25, -0.2) is 13.1 Å². The second-order valence-electron chi connectivity index (χ2n) is 5.98. The van der Waals surface area contributed by atoms with Crippen LogP contribution in [0.4, 0.5) is 0 Å². The zero-order chi connectivity index (χ0) is 17.6. The minimum absolute atomic E-state index is 0. The van der Waals surface area contributed by atoms with E-state index in [0.29, 0.717) is 31.3 Å². The van der Waals surface area contributed by atoms with Gasteiger partial charge in [0.05, 0.1) is 18.1 Å². The standard InChI is InChI=1S/C17H28N2O4S.ClH/c1-3-22-16-10-9-14(11-17(16)23-4-2)24(20,21)19-15-8-6-5-7-13(15)12-18;/h9-11,13,15,19H,3-8,12,18H2,1-2H3;1H. The summed E-state index contributed by atoms with van der Waals surface area (Å²) in [6.07, 6.45) is 3.93. The Labute approximate surface area is 156 Å². The molecule has 1 aromatic rings. The Bertz CT molecular complexity index is 640. The van der Waals surface area contributed by atoms with Gasteiger partial charge in [-0.1, -0.05) is 12.8 Å². The molecule has 0 saturated heterocycles. The third-order valence-corrected chi connectivity index (χ3v) is 5.83. The molecule has 144 valence electrons. The van der Waals surface area contributed by atoms with Gasteiger partial charge in [0.25, 0.3) is 0 Å². The minimum Gasteiger partial charge on any atom is -0.490 e. The maximum absolute atomic E-state index is 12.7. The molecule has 1 aliphatic carbocycles. The van der Waals surface area contributed by atoms with Gasteiger partial charge >= 0.3 is 0 Å². The lowest BCUT2D eigenvalue weighted by atomic mass is 9.85. The molecular formula is C17H29ClN2O4S. The molecule has 0 amide bonds. The Morgan fingerprint density at radius 2 is 1.76 bits per heavy atom. The fraction of sp³-hybridized carbons (Fsp3) is 0.647. The van der Waals surface area contributed by atoms with Crippen molar-refractivity contribution in [2.24, 2.45) is 11.7 Å². The van der Waals surface area contributed by atoms with Crippen molar-refractivity contribution in [1.29, 1.82) is 0 Å². The highest BCUT2D eigenvalue weighted by atomic mass is 35.5. The number of nitrogens with two attached hydrogens (primary N) is 1. The third-order valence-electron chi connectivity index (χ3n) is 4.34. The number of hydrogen-bond acceptors (Lipinski definition) is 5. The van der Waals surface area contributed by atoms with E-state index in [9.17, 15) is 8.42 Å². The van der Waals surface area contributed by atoms with Crippen molar-refractivity contribution in [2.45, 2.75) is 50.5 Å². The minimum atomic E-state index is -3.62. The molecule has 0 bridgehead atoms. The van der Waals surface area contributed by atoms with E-state index in [4.69, 9.17) is 15.2 Å². The van der Waals surface area contributed by atoms with Gasteiger partial charge < -0.3 is 15.2 Å². The summed E-state index contributed by atoms with van der Waals surface area (Å²) in [5.41, 5.74) is 5.80. The summed E-state index contributed by atoms with van der Waals surface area (Å²) in [7, 11) is -3.62. The zero-order valence-corrected chi connectivity index (χ0v) is 16.5. The molecule has 1 aliphatic rings. The summed E-state index contributed by atoms with van der Waals surface area (Å²) in [6.45, 7) is 5.15. The zero-order valence-electron chi connectivity index (χ0n) is 14.9. The van der Waals surface area contributed by atoms with Gasteiger partial charge in [-0.05, 0) is 51.3 Å². The van der Waals surface area contributed by atoms with E-state index >= 15 is 0 Å². The number of halogens is 1. The fourth-order valence-corrected chi connectivity index (χ4v) is 4.47. The SMILES string of the molecule is CCOc1ccc(S(=O)(=O)NC2CCCCC2CN)cc1OCC.Cl. The lowest BCUT2D eigenvalue weighted by molar-refractivity contribution is 0.286. The van der Waals surface area contributed by atoms with Crippen molar-refractivity contribution < 1.29 is 17.9 Å². The van der Waals surface area contributed by atoms with Crippen molar-refractivity contribution in [1.82, 2.24) is 4.72 Å². The highest BCUT2D eigenvalue weighted by molar-refractivity contribution is 7.89. The van der Waals surface area contributed by atoms with E-state index in [1.165, 1.54) is 6.07 Å². The maximum atomic E-state index is 12.7. The van der Waals surface area contributed by atoms with E-state index in [1.807, 2.05) is 13.8 Å². The number of rotatable bonds is 8. The molecule has 0 aromatic heterocycles. The van der Waals surface area contributed by atoms with Crippen LogP contribution < -0.4 is 19.9 Å². The van der Waals surface area contributed by atoms with E-state index < -0.39 is 10.0 Å². The highest BCUT2D eigenvalue weighted by Gasteiger charge is 2.29. The lowest BCUT2D eigenvalue weighted by Gasteiger charge is -2.31. The first-order chi connectivity index (χ1) is 11.5. The number of ether oxygens (including phenoxy) is 2. The molecule has 2 atom stereocenters. The van der Waals surface area contributed by atoms with Gasteiger partial charge in [-0.2, -0.15) is 0 Å². The molecule has 0 heterocycles. The number of benzene rings is 1. The van der Waals surface area contributed by atoms with Gasteiger partial charge in [-0.15, -0.1) is 12.4 Å². The topological polar surface area (TPSA) is 90.7 Å². The number of nitrogens with one attached hydrogen (secondary N) is 1. The first-order valence-electron chi connectivity index (χ1n) is 8.63. The van der Waals surface area contributed by atoms with Gasteiger partial charge in [0, 0.05) is 12.1 Å². The molecule has 0 aliphatic heterocycles. The van der Waals surface area contributed by atoms with Crippen LogP contribution in [0.5, 0.6) is 11.5 Å². The normalized spacial score (nSPS) is 20.6. The van der Waals surface area contributed by atoms with Crippen LogP contribution >= 0.6 is 12.4 Å². The van der Waals surface area contributed by atoms with Crippen LogP contribution in [0.2, 0.25) is 0 Å². The summed E-state index contributed by atoms with van der Waals surface area (Å²) in [4.78, 5) is 0.191. The van der Waals surface area contributed by atoms with Crippen molar-refractivity contribution >= 4 is 22.4 Å². The van der Waals surface area contributed by atoms with E-state index in [2.05, 4.69) is 4.72 Å². The van der Waals surface area contributed by atoms with E-state index in [1.54, 1.807) is 12.1 Å². The molecule has 2 rings (SSSR count). The molecule has 3 N–H and O–H groups in total. The highest BCUT2D eigenvalue weighted by Crippen LogP contribution is 2.31.